The van der Waals surface area contributed by atoms with Gasteiger partial charge in [-0.25, -0.2) is 4.39 Å². The minimum atomic E-state index is -0.414. The Morgan fingerprint density at radius 1 is 1.38 bits per heavy atom. The van der Waals surface area contributed by atoms with Crippen LogP contribution in [0.15, 0.2) is 30.6 Å². The zero-order valence-corrected chi connectivity index (χ0v) is 6.70. The average molecular weight is 175 g/mol. The number of carbonyl (C=O) groups excluding carboxylic acids is 1. The third-order valence-electron chi connectivity index (χ3n) is 1.88. The van der Waals surface area contributed by atoms with E-state index in [4.69, 9.17) is 0 Å². The molecule has 0 radical (unpaired) electrons. The highest BCUT2D eigenvalue weighted by Crippen LogP contribution is 2.17. The lowest BCUT2D eigenvalue weighted by atomic mass is 10.1. The molecular weight excluding hydrogens is 169 g/mol. The van der Waals surface area contributed by atoms with Crippen LogP contribution in [-0.2, 0) is 0 Å². The van der Waals surface area contributed by atoms with Gasteiger partial charge in [0.2, 0.25) is 0 Å². The number of halogens is 1. The van der Waals surface area contributed by atoms with Crippen LogP contribution in [-0.4, -0.2) is 11.3 Å². The molecule has 0 aliphatic carbocycles. The molecule has 0 aliphatic rings. The van der Waals surface area contributed by atoms with E-state index in [0.717, 1.165) is 5.39 Å². The number of hydrogen-bond donors (Lipinski definition) is 0. The first-order valence-electron chi connectivity index (χ1n) is 3.80. The van der Waals surface area contributed by atoms with Crippen molar-refractivity contribution in [2.45, 2.75) is 0 Å². The van der Waals surface area contributed by atoms with E-state index in [-0.39, 0.29) is 0 Å². The highest BCUT2D eigenvalue weighted by molar-refractivity contribution is 5.97. The van der Waals surface area contributed by atoms with E-state index in [1.54, 1.807) is 12.3 Å². The lowest BCUT2D eigenvalue weighted by Crippen LogP contribution is -1.86. The maximum absolute atomic E-state index is 12.9. The van der Waals surface area contributed by atoms with Crippen LogP contribution in [0.1, 0.15) is 10.4 Å². The number of carbonyl (C=O) groups is 1. The van der Waals surface area contributed by atoms with Crippen molar-refractivity contribution in [2.75, 3.05) is 0 Å². The van der Waals surface area contributed by atoms with Gasteiger partial charge in [0.25, 0.3) is 0 Å². The second-order valence-electron chi connectivity index (χ2n) is 2.71. The van der Waals surface area contributed by atoms with Gasteiger partial charge in [0.1, 0.15) is 5.82 Å². The van der Waals surface area contributed by atoms with Crippen LogP contribution < -0.4 is 0 Å². The standard InChI is InChI=1S/C10H6FNO/c11-9-3-7-5-12-2-1-10(7)8(4-9)6-13/h1-6H. The van der Waals surface area contributed by atoms with E-state index in [0.29, 0.717) is 17.2 Å². The molecule has 0 spiro atoms. The highest BCUT2D eigenvalue weighted by atomic mass is 19.1. The van der Waals surface area contributed by atoms with Crippen LogP contribution in [0.4, 0.5) is 4.39 Å². The largest absolute Gasteiger partial charge is 0.298 e. The Kier molecular flexibility index (Phi) is 1.77. The van der Waals surface area contributed by atoms with E-state index >= 15 is 0 Å². The molecule has 0 atom stereocenters. The number of pyridine rings is 1. The van der Waals surface area contributed by atoms with E-state index in [9.17, 15) is 9.18 Å². The summed E-state index contributed by atoms with van der Waals surface area (Å²) in [4.78, 5) is 14.4. The topological polar surface area (TPSA) is 30.0 Å². The predicted octanol–water partition coefficient (Wildman–Crippen LogP) is 2.19. The minimum absolute atomic E-state index is 0.359. The van der Waals surface area contributed by atoms with Gasteiger partial charge in [0.15, 0.2) is 6.29 Å². The van der Waals surface area contributed by atoms with Crippen molar-refractivity contribution >= 4 is 17.1 Å². The van der Waals surface area contributed by atoms with Crippen molar-refractivity contribution in [1.29, 1.82) is 0 Å². The molecule has 0 saturated heterocycles. The Bertz CT molecular complexity index is 467. The van der Waals surface area contributed by atoms with Crippen molar-refractivity contribution in [3.63, 3.8) is 0 Å². The summed E-state index contributed by atoms with van der Waals surface area (Å²) >= 11 is 0. The van der Waals surface area contributed by atoms with Crippen LogP contribution in [0.2, 0.25) is 0 Å². The molecule has 2 aromatic rings. The second kappa shape index (κ2) is 2.94. The first kappa shape index (κ1) is 7.86. The highest BCUT2D eigenvalue weighted by Gasteiger charge is 2.02. The molecule has 3 heteroatoms. The Morgan fingerprint density at radius 3 is 3.00 bits per heavy atom. The number of hydrogen-bond acceptors (Lipinski definition) is 2. The van der Waals surface area contributed by atoms with E-state index < -0.39 is 5.82 Å². The van der Waals surface area contributed by atoms with Crippen LogP contribution in [0.5, 0.6) is 0 Å². The smallest absolute Gasteiger partial charge is 0.150 e. The predicted molar refractivity (Wildman–Crippen MR) is 47.1 cm³/mol. The monoisotopic (exact) mass is 175 g/mol. The molecule has 0 fully saturated rings. The molecule has 13 heavy (non-hydrogen) atoms. The molecule has 2 nitrogen and oxygen atoms in total. The molecule has 1 aromatic heterocycles. The number of nitrogens with zero attached hydrogens (tertiary/aromatic N) is 1. The van der Waals surface area contributed by atoms with Gasteiger partial charge in [-0.1, -0.05) is 0 Å². The van der Waals surface area contributed by atoms with E-state index in [1.807, 2.05) is 0 Å². The van der Waals surface area contributed by atoms with Crippen LogP contribution in [0.25, 0.3) is 10.8 Å². The Morgan fingerprint density at radius 2 is 2.23 bits per heavy atom. The second-order valence-corrected chi connectivity index (χ2v) is 2.71. The van der Waals surface area contributed by atoms with Crippen LogP contribution in [0.3, 0.4) is 0 Å². The van der Waals surface area contributed by atoms with Gasteiger partial charge in [-0.15, -0.1) is 0 Å². The summed E-state index contributed by atoms with van der Waals surface area (Å²) in [5, 5.41) is 1.37. The van der Waals surface area contributed by atoms with Crippen LogP contribution >= 0.6 is 0 Å². The molecule has 1 aromatic carbocycles. The Hall–Kier alpha value is -1.77. The van der Waals surface area contributed by atoms with Crippen molar-refractivity contribution < 1.29 is 9.18 Å². The van der Waals surface area contributed by atoms with Crippen molar-refractivity contribution in [1.82, 2.24) is 4.98 Å². The van der Waals surface area contributed by atoms with Crippen LogP contribution in [0, 0.1) is 5.82 Å². The minimum Gasteiger partial charge on any atom is -0.298 e. The van der Waals surface area contributed by atoms with Gasteiger partial charge in [-0.3, -0.25) is 9.78 Å². The van der Waals surface area contributed by atoms with E-state index in [1.165, 1.54) is 18.3 Å². The molecule has 1 heterocycles. The van der Waals surface area contributed by atoms with Gasteiger partial charge in [-0.05, 0) is 23.6 Å². The number of fused-ring (bicyclic) bond motifs is 1. The third-order valence-corrected chi connectivity index (χ3v) is 1.88. The number of aldehydes is 1. The maximum Gasteiger partial charge on any atom is 0.150 e. The molecule has 0 aliphatic heterocycles. The summed E-state index contributed by atoms with van der Waals surface area (Å²) in [6.45, 7) is 0. The number of benzene rings is 1. The quantitative estimate of drug-likeness (QED) is 0.622. The first-order chi connectivity index (χ1) is 6.31. The summed E-state index contributed by atoms with van der Waals surface area (Å²) in [7, 11) is 0. The molecule has 2 rings (SSSR count). The summed E-state index contributed by atoms with van der Waals surface area (Å²) < 4.78 is 12.9. The Labute approximate surface area is 74.0 Å². The van der Waals surface area contributed by atoms with E-state index in [2.05, 4.69) is 4.98 Å². The van der Waals surface area contributed by atoms with Crippen molar-refractivity contribution in [2.24, 2.45) is 0 Å². The molecule has 0 bridgehead atoms. The van der Waals surface area contributed by atoms with Gasteiger partial charge < -0.3 is 0 Å². The van der Waals surface area contributed by atoms with Gasteiger partial charge in [0.05, 0.1) is 0 Å². The fourth-order valence-corrected chi connectivity index (χ4v) is 1.30. The maximum atomic E-state index is 12.9. The van der Waals surface area contributed by atoms with Crippen molar-refractivity contribution in [3.8, 4) is 0 Å². The van der Waals surface area contributed by atoms with Gasteiger partial charge in [0, 0.05) is 23.3 Å². The van der Waals surface area contributed by atoms with Gasteiger partial charge >= 0.3 is 0 Å². The number of rotatable bonds is 1. The number of aromatic nitrogens is 1. The first-order valence-corrected chi connectivity index (χ1v) is 3.80. The SMILES string of the molecule is O=Cc1cc(F)cc2cnccc12. The van der Waals surface area contributed by atoms with Gasteiger partial charge in [-0.2, -0.15) is 0 Å². The fourth-order valence-electron chi connectivity index (χ4n) is 1.30. The molecule has 64 valence electrons. The summed E-state index contributed by atoms with van der Waals surface area (Å²) in [6, 6.07) is 4.27. The third kappa shape index (κ3) is 1.28. The lowest BCUT2D eigenvalue weighted by Gasteiger charge is -1.99. The molecule has 0 N–H and O–H groups in total. The normalized spacial score (nSPS) is 10.2. The lowest BCUT2D eigenvalue weighted by molar-refractivity contribution is 0.112. The molecule has 0 unspecified atom stereocenters. The Balaban J connectivity index is 2.89. The molecule has 0 amide bonds. The fraction of sp³-hybridized carbons (Fsp3) is 0. The summed E-state index contributed by atoms with van der Waals surface area (Å²) in [5.41, 5.74) is 0.359. The molecule has 0 saturated carbocycles. The van der Waals surface area contributed by atoms with Crippen molar-refractivity contribution in [3.05, 3.63) is 42.0 Å². The zero-order valence-electron chi connectivity index (χ0n) is 6.70. The average Bonchev–Trinajstić information content (AvgIpc) is 2.16. The summed E-state index contributed by atoms with van der Waals surface area (Å²) in [5.74, 6) is -0.414. The molecular formula is C10H6FNO. The zero-order chi connectivity index (χ0) is 9.26. The summed E-state index contributed by atoms with van der Waals surface area (Å²) in [6.07, 6.45) is 3.75.